The molecule has 1 aliphatic rings. The second kappa shape index (κ2) is 10.4. The molecule has 0 atom stereocenters. The Labute approximate surface area is 223 Å². The summed E-state index contributed by atoms with van der Waals surface area (Å²) in [7, 11) is 0. The third-order valence-electron chi connectivity index (χ3n) is 6.60. The van der Waals surface area contributed by atoms with Crippen molar-refractivity contribution in [3.05, 3.63) is 68.7 Å². The van der Waals surface area contributed by atoms with E-state index in [0.717, 1.165) is 53.0 Å². The standard InChI is InChI=1S/C27H26Cl2N2O4S/c1-15(2)26-19(25(30-35-26)24-21(28)4-3-5-22(24)29)13-34-17-8-10-31(11-9-17)16-6-7-18-20(27(32)33)14-36-23(18)12-16/h3-7,12,14-15,17H,8-11,13H2,1-2H3,(H,32,33). The molecule has 2 aromatic carbocycles. The van der Waals surface area contributed by atoms with Gasteiger partial charge in [0.1, 0.15) is 11.5 Å². The summed E-state index contributed by atoms with van der Waals surface area (Å²) in [5.74, 6) is 0.0329. The Balaban J connectivity index is 1.27. The largest absolute Gasteiger partial charge is 0.478 e. The number of carbonyl (C=O) groups is 1. The van der Waals surface area contributed by atoms with Crippen LogP contribution >= 0.6 is 34.5 Å². The number of piperidine rings is 1. The summed E-state index contributed by atoms with van der Waals surface area (Å²) in [6.07, 6.45) is 1.87. The van der Waals surface area contributed by atoms with Crippen LogP contribution in [0.5, 0.6) is 0 Å². The molecule has 0 radical (unpaired) electrons. The second-order valence-electron chi connectivity index (χ2n) is 9.26. The first-order chi connectivity index (χ1) is 17.3. The van der Waals surface area contributed by atoms with Crippen LogP contribution in [0.3, 0.4) is 0 Å². The van der Waals surface area contributed by atoms with Gasteiger partial charge in [0.2, 0.25) is 0 Å². The summed E-state index contributed by atoms with van der Waals surface area (Å²) in [6, 6.07) is 11.4. The summed E-state index contributed by atoms with van der Waals surface area (Å²) >= 11 is 14.4. The highest BCUT2D eigenvalue weighted by Gasteiger charge is 2.26. The van der Waals surface area contributed by atoms with E-state index in [4.69, 9.17) is 32.5 Å². The molecule has 3 heterocycles. The number of benzene rings is 2. The molecule has 188 valence electrons. The third-order valence-corrected chi connectivity index (χ3v) is 8.18. The lowest BCUT2D eigenvalue weighted by atomic mass is 10.0. The molecular formula is C27H26Cl2N2O4S. The van der Waals surface area contributed by atoms with Crippen LogP contribution in [0.15, 0.2) is 46.3 Å². The number of aromatic nitrogens is 1. The van der Waals surface area contributed by atoms with Gasteiger partial charge in [-0.3, -0.25) is 0 Å². The zero-order chi connectivity index (χ0) is 25.4. The number of nitrogens with zero attached hydrogens (tertiary/aromatic N) is 2. The van der Waals surface area contributed by atoms with Crippen LogP contribution in [0, 0.1) is 0 Å². The van der Waals surface area contributed by atoms with Crippen molar-refractivity contribution in [2.45, 2.75) is 45.3 Å². The van der Waals surface area contributed by atoms with Gasteiger partial charge in [-0.2, -0.15) is 0 Å². The SMILES string of the molecule is CC(C)c1onc(-c2c(Cl)cccc2Cl)c1COC1CCN(c2ccc3c(C(=O)O)csc3c2)CC1. The second-order valence-corrected chi connectivity index (χ2v) is 11.0. The van der Waals surface area contributed by atoms with Crippen molar-refractivity contribution in [2.24, 2.45) is 0 Å². The van der Waals surface area contributed by atoms with Gasteiger partial charge in [0.15, 0.2) is 0 Å². The number of fused-ring (bicyclic) bond motifs is 1. The number of ether oxygens (including phenoxy) is 1. The van der Waals surface area contributed by atoms with Crippen molar-refractivity contribution in [1.29, 1.82) is 0 Å². The van der Waals surface area contributed by atoms with Crippen LogP contribution in [0.25, 0.3) is 21.3 Å². The molecule has 36 heavy (non-hydrogen) atoms. The molecule has 1 fully saturated rings. The number of hydrogen-bond acceptors (Lipinski definition) is 6. The molecule has 0 saturated carbocycles. The Kier molecular flexibility index (Phi) is 7.26. The average molecular weight is 545 g/mol. The van der Waals surface area contributed by atoms with E-state index in [9.17, 15) is 9.90 Å². The van der Waals surface area contributed by atoms with Crippen molar-refractivity contribution in [1.82, 2.24) is 5.16 Å². The summed E-state index contributed by atoms with van der Waals surface area (Å²) in [5.41, 5.74) is 3.66. The lowest BCUT2D eigenvalue weighted by Gasteiger charge is -2.33. The first-order valence-corrected chi connectivity index (χ1v) is 13.5. The van der Waals surface area contributed by atoms with Crippen LogP contribution in [-0.4, -0.2) is 35.4 Å². The minimum absolute atomic E-state index is 0.106. The molecule has 1 saturated heterocycles. The number of aromatic carboxylic acids is 1. The highest BCUT2D eigenvalue weighted by Crippen LogP contribution is 2.39. The van der Waals surface area contributed by atoms with Crippen LogP contribution in [0.4, 0.5) is 5.69 Å². The maximum absolute atomic E-state index is 11.4. The van der Waals surface area contributed by atoms with Gasteiger partial charge in [0, 0.05) is 51.3 Å². The predicted molar refractivity (Wildman–Crippen MR) is 145 cm³/mol. The van der Waals surface area contributed by atoms with E-state index in [1.807, 2.05) is 18.2 Å². The first kappa shape index (κ1) is 25.1. The first-order valence-electron chi connectivity index (χ1n) is 11.9. The molecule has 9 heteroatoms. The van der Waals surface area contributed by atoms with E-state index < -0.39 is 5.97 Å². The lowest BCUT2D eigenvalue weighted by molar-refractivity contribution is 0.0245. The van der Waals surface area contributed by atoms with Crippen molar-refractivity contribution in [3.8, 4) is 11.3 Å². The van der Waals surface area contributed by atoms with Gasteiger partial charge in [0.05, 0.1) is 28.3 Å². The van der Waals surface area contributed by atoms with Crippen molar-refractivity contribution in [3.63, 3.8) is 0 Å². The molecule has 0 bridgehead atoms. The van der Waals surface area contributed by atoms with E-state index in [1.54, 1.807) is 17.5 Å². The van der Waals surface area contributed by atoms with Crippen LogP contribution in [0.1, 0.15) is 54.3 Å². The predicted octanol–water partition coefficient (Wildman–Crippen LogP) is 7.87. The molecule has 2 aromatic heterocycles. The fraction of sp³-hybridized carbons (Fsp3) is 0.333. The van der Waals surface area contributed by atoms with Crippen LogP contribution in [0.2, 0.25) is 10.0 Å². The van der Waals surface area contributed by atoms with Gasteiger partial charge in [0.25, 0.3) is 0 Å². The van der Waals surface area contributed by atoms with Crippen molar-refractivity contribution in [2.75, 3.05) is 18.0 Å². The lowest BCUT2D eigenvalue weighted by Crippen LogP contribution is -2.37. The summed E-state index contributed by atoms with van der Waals surface area (Å²) < 4.78 is 13.1. The molecule has 0 spiro atoms. The molecule has 1 aliphatic heterocycles. The third kappa shape index (κ3) is 4.85. The quantitative estimate of drug-likeness (QED) is 0.255. The zero-order valence-electron chi connectivity index (χ0n) is 20.0. The summed E-state index contributed by atoms with van der Waals surface area (Å²) in [6.45, 7) is 6.21. The Morgan fingerprint density at radius 3 is 2.61 bits per heavy atom. The van der Waals surface area contributed by atoms with Crippen molar-refractivity contribution < 1.29 is 19.2 Å². The molecule has 6 nitrogen and oxygen atoms in total. The average Bonchev–Trinajstić information content (AvgIpc) is 3.47. The van der Waals surface area contributed by atoms with Gasteiger partial charge < -0.3 is 19.3 Å². The minimum Gasteiger partial charge on any atom is -0.478 e. The number of carboxylic acid groups (broad SMARTS) is 1. The Bertz CT molecular complexity index is 1390. The number of hydrogen-bond donors (Lipinski definition) is 1. The normalized spacial score (nSPS) is 14.8. The smallest absolute Gasteiger partial charge is 0.337 e. The van der Waals surface area contributed by atoms with Crippen molar-refractivity contribution >= 4 is 56.3 Å². The maximum atomic E-state index is 11.4. The molecule has 5 rings (SSSR count). The maximum Gasteiger partial charge on any atom is 0.337 e. The Morgan fingerprint density at radius 2 is 1.94 bits per heavy atom. The number of halogens is 2. The fourth-order valence-corrected chi connectivity index (χ4v) is 6.24. The van der Waals surface area contributed by atoms with Gasteiger partial charge in [-0.25, -0.2) is 4.79 Å². The minimum atomic E-state index is -0.889. The highest BCUT2D eigenvalue weighted by atomic mass is 35.5. The monoisotopic (exact) mass is 544 g/mol. The number of carboxylic acids is 1. The summed E-state index contributed by atoms with van der Waals surface area (Å²) in [4.78, 5) is 13.7. The highest BCUT2D eigenvalue weighted by molar-refractivity contribution is 7.17. The van der Waals surface area contributed by atoms with E-state index in [0.29, 0.717) is 33.5 Å². The Hall–Kier alpha value is -2.58. The molecular weight excluding hydrogens is 519 g/mol. The van der Waals surface area contributed by atoms with Gasteiger partial charge >= 0.3 is 5.97 Å². The number of thiophene rings is 1. The van der Waals surface area contributed by atoms with Gasteiger partial charge in [-0.15, -0.1) is 11.3 Å². The topological polar surface area (TPSA) is 75.8 Å². The van der Waals surface area contributed by atoms with E-state index in [-0.39, 0.29) is 12.0 Å². The van der Waals surface area contributed by atoms with E-state index in [2.05, 4.69) is 30.0 Å². The van der Waals surface area contributed by atoms with E-state index in [1.165, 1.54) is 11.3 Å². The molecule has 0 aliphatic carbocycles. The molecule has 0 unspecified atom stereocenters. The van der Waals surface area contributed by atoms with Gasteiger partial charge in [-0.1, -0.05) is 54.3 Å². The van der Waals surface area contributed by atoms with Crippen LogP contribution in [-0.2, 0) is 11.3 Å². The summed E-state index contributed by atoms with van der Waals surface area (Å²) in [5, 5.41) is 17.2. The molecule has 0 amide bonds. The zero-order valence-corrected chi connectivity index (χ0v) is 22.3. The molecule has 4 aromatic rings. The molecule has 1 N–H and O–H groups in total. The number of rotatable bonds is 7. The number of anilines is 1. The van der Waals surface area contributed by atoms with Crippen LogP contribution < -0.4 is 4.90 Å². The fourth-order valence-electron chi connectivity index (χ4n) is 4.70. The van der Waals surface area contributed by atoms with Gasteiger partial charge in [-0.05, 0) is 37.1 Å². The Morgan fingerprint density at radius 1 is 1.22 bits per heavy atom. The van der Waals surface area contributed by atoms with E-state index >= 15 is 0 Å².